The van der Waals surface area contributed by atoms with E-state index in [1.807, 2.05) is 23.9 Å². The fraction of sp³-hybridized carbons (Fsp3) is 0.750. The third kappa shape index (κ3) is 4.83. The lowest BCUT2D eigenvalue weighted by Gasteiger charge is -2.31. The molecule has 1 aliphatic heterocycles. The van der Waals surface area contributed by atoms with Crippen LogP contribution in [0.5, 0.6) is 0 Å². The molecular weight excluding hydrogens is 270 g/mol. The molecule has 20 heavy (non-hydrogen) atoms. The molecule has 4 heteroatoms. The first-order valence-corrected chi connectivity index (χ1v) is 9.15. The Morgan fingerprint density at radius 3 is 3.10 bits per heavy atom. The SMILES string of the molecule is CSCCCN1CCCCCC1CC(O)c1ccco1. The van der Waals surface area contributed by atoms with Gasteiger partial charge in [0.25, 0.3) is 0 Å². The van der Waals surface area contributed by atoms with Crippen molar-refractivity contribution in [3.8, 4) is 0 Å². The van der Waals surface area contributed by atoms with Crippen molar-refractivity contribution < 1.29 is 9.52 Å². The summed E-state index contributed by atoms with van der Waals surface area (Å²) >= 11 is 1.92. The molecule has 1 aromatic rings. The molecule has 0 spiro atoms. The summed E-state index contributed by atoms with van der Waals surface area (Å²) in [4.78, 5) is 2.59. The van der Waals surface area contributed by atoms with Crippen molar-refractivity contribution in [1.29, 1.82) is 0 Å². The summed E-state index contributed by atoms with van der Waals surface area (Å²) in [5, 5.41) is 10.3. The Morgan fingerprint density at radius 1 is 1.45 bits per heavy atom. The summed E-state index contributed by atoms with van der Waals surface area (Å²) in [5.41, 5.74) is 0. The molecule has 0 bridgehead atoms. The lowest BCUT2D eigenvalue weighted by molar-refractivity contribution is 0.0864. The first kappa shape index (κ1) is 15.9. The van der Waals surface area contributed by atoms with Crippen molar-refractivity contribution in [2.45, 2.75) is 50.7 Å². The number of likely N-dealkylation sites (tertiary alicyclic amines) is 1. The summed E-state index contributed by atoms with van der Waals surface area (Å²) in [6, 6.07) is 4.22. The molecule has 1 aliphatic rings. The number of hydrogen-bond donors (Lipinski definition) is 1. The number of aliphatic hydroxyl groups excluding tert-OH is 1. The third-order valence-corrected chi connectivity index (χ3v) is 4.86. The van der Waals surface area contributed by atoms with Crippen LogP contribution in [0.3, 0.4) is 0 Å². The second kappa shape index (κ2) is 8.75. The number of aliphatic hydroxyl groups is 1. The third-order valence-electron chi connectivity index (χ3n) is 4.16. The molecule has 114 valence electrons. The van der Waals surface area contributed by atoms with E-state index in [9.17, 15) is 5.11 Å². The van der Waals surface area contributed by atoms with E-state index in [0.717, 1.165) is 13.0 Å². The van der Waals surface area contributed by atoms with Crippen LogP contribution in [0.4, 0.5) is 0 Å². The predicted octanol–water partition coefficient (Wildman–Crippen LogP) is 3.70. The van der Waals surface area contributed by atoms with E-state index in [-0.39, 0.29) is 0 Å². The number of furan rings is 1. The number of nitrogens with zero attached hydrogens (tertiary/aromatic N) is 1. The van der Waals surface area contributed by atoms with E-state index >= 15 is 0 Å². The van der Waals surface area contributed by atoms with E-state index in [1.54, 1.807) is 6.26 Å². The Kier molecular flexibility index (Phi) is 6.97. The predicted molar refractivity (Wildman–Crippen MR) is 85.1 cm³/mol. The Hall–Kier alpha value is -0.450. The lowest BCUT2D eigenvalue weighted by atomic mass is 10.0. The molecule has 0 amide bonds. The maximum Gasteiger partial charge on any atom is 0.132 e. The average molecular weight is 297 g/mol. The molecule has 1 saturated heterocycles. The van der Waals surface area contributed by atoms with Crippen LogP contribution in [0.1, 0.15) is 50.4 Å². The minimum Gasteiger partial charge on any atom is -0.467 e. The smallest absolute Gasteiger partial charge is 0.132 e. The monoisotopic (exact) mass is 297 g/mol. The highest BCUT2D eigenvalue weighted by atomic mass is 32.2. The molecule has 3 nitrogen and oxygen atoms in total. The van der Waals surface area contributed by atoms with Crippen molar-refractivity contribution in [2.75, 3.05) is 25.1 Å². The quantitative estimate of drug-likeness (QED) is 0.779. The van der Waals surface area contributed by atoms with Gasteiger partial charge in [-0.05, 0) is 62.9 Å². The van der Waals surface area contributed by atoms with Gasteiger partial charge in [-0.25, -0.2) is 0 Å². The maximum absolute atomic E-state index is 10.3. The van der Waals surface area contributed by atoms with Gasteiger partial charge in [-0.3, -0.25) is 0 Å². The van der Waals surface area contributed by atoms with E-state index in [1.165, 1.54) is 44.4 Å². The minimum absolute atomic E-state index is 0.462. The van der Waals surface area contributed by atoms with Gasteiger partial charge in [0.05, 0.1) is 6.26 Å². The van der Waals surface area contributed by atoms with Gasteiger partial charge in [-0.2, -0.15) is 11.8 Å². The Labute approximate surface area is 126 Å². The van der Waals surface area contributed by atoms with Crippen LogP contribution in [0.2, 0.25) is 0 Å². The standard InChI is InChI=1S/C16H27NO2S/c1-20-12-6-10-17-9-4-2-3-7-14(17)13-15(18)16-8-5-11-19-16/h5,8,11,14-15,18H,2-4,6-7,9-10,12-13H2,1H3. The van der Waals surface area contributed by atoms with Gasteiger partial charge in [-0.1, -0.05) is 12.8 Å². The molecule has 2 unspecified atom stereocenters. The minimum atomic E-state index is -0.462. The summed E-state index contributed by atoms with van der Waals surface area (Å²) in [6.07, 6.45) is 10.5. The Morgan fingerprint density at radius 2 is 2.35 bits per heavy atom. The zero-order valence-electron chi connectivity index (χ0n) is 12.5. The zero-order chi connectivity index (χ0) is 14.2. The number of thioether (sulfide) groups is 1. The molecule has 2 atom stereocenters. The van der Waals surface area contributed by atoms with Crippen LogP contribution < -0.4 is 0 Å². The van der Waals surface area contributed by atoms with Crippen LogP contribution >= 0.6 is 11.8 Å². The van der Waals surface area contributed by atoms with Crippen molar-refractivity contribution >= 4 is 11.8 Å². The Balaban J connectivity index is 1.89. The van der Waals surface area contributed by atoms with E-state index in [2.05, 4.69) is 11.2 Å². The molecule has 0 saturated carbocycles. The van der Waals surface area contributed by atoms with Crippen LogP contribution in [0, 0.1) is 0 Å². The van der Waals surface area contributed by atoms with E-state index in [4.69, 9.17) is 4.42 Å². The molecule has 1 aromatic heterocycles. The first-order valence-electron chi connectivity index (χ1n) is 7.75. The van der Waals surface area contributed by atoms with Gasteiger partial charge in [0.15, 0.2) is 0 Å². The van der Waals surface area contributed by atoms with E-state index in [0.29, 0.717) is 11.8 Å². The van der Waals surface area contributed by atoms with Gasteiger partial charge >= 0.3 is 0 Å². The number of hydrogen-bond acceptors (Lipinski definition) is 4. The molecular formula is C16H27NO2S. The summed E-state index contributed by atoms with van der Waals surface area (Å²) in [6.45, 7) is 2.35. The van der Waals surface area contributed by atoms with Crippen molar-refractivity contribution in [2.24, 2.45) is 0 Å². The Bertz CT molecular complexity index is 355. The lowest BCUT2D eigenvalue weighted by Crippen LogP contribution is -2.37. The fourth-order valence-electron chi connectivity index (χ4n) is 3.06. The second-order valence-corrected chi connectivity index (χ2v) is 6.64. The van der Waals surface area contributed by atoms with Crippen molar-refractivity contribution in [3.63, 3.8) is 0 Å². The maximum atomic E-state index is 10.3. The highest BCUT2D eigenvalue weighted by Gasteiger charge is 2.24. The molecule has 2 rings (SSSR count). The van der Waals surface area contributed by atoms with Crippen molar-refractivity contribution in [3.05, 3.63) is 24.2 Å². The van der Waals surface area contributed by atoms with Crippen LogP contribution in [-0.2, 0) is 0 Å². The summed E-state index contributed by atoms with van der Waals surface area (Å²) < 4.78 is 5.33. The van der Waals surface area contributed by atoms with Crippen LogP contribution in [0.25, 0.3) is 0 Å². The van der Waals surface area contributed by atoms with Crippen LogP contribution in [0.15, 0.2) is 22.8 Å². The molecule has 0 aromatic carbocycles. The second-order valence-electron chi connectivity index (χ2n) is 5.65. The topological polar surface area (TPSA) is 36.6 Å². The largest absolute Gasteiger partial charge is 0.467 e. The molecule has 1 fully saturated rings. The van der Waals surface area contributed by atoms with Gasteiger partial charge in [-0.15, -0.1) is 0 Å². The van der Waals surface area contributed by atoms with Gasteiger partial charge < -0.3 is 14.4 Å². The van der Waals surface area contributed by atoms with Gasteiger partial charge in [0, 0.05) is 6.04 Å². The first-order chi connectivity index (χ1) is 9.81. The molecule has 0 aliphatic carbocycles. The molecule has 2 heterocycles. The zero-order valence-corrected chi connectivity index (χ0v) is 13.3. The average Bonchev–Trinajstić information content (AvgIpc) is 2.90. The van der Waals surface area contributed by atoms with Gasteiger partial charge in [0.2, 0.25) is 0 Å². The molecule has 1 N–H and O–H groups in total. The normalized spacial score (nSPS) is 22.6. The van der Waals surface area contributed by atoms with Crippen molar-refractivity contribution in [1.82, 2.24) is 4.90 Å². The summed E-state index contributed by atoms with van der Waals surface area (Å²) in [5.74, 6) is 1.93. The highest BCUT2D eigenvalue weighted by Crippen LogP contribution is 2.26. The highest BCUT2D eigenvalue weighted by molar-refractivity contribution is 7.98. The summed E-state index contributed by atoms with van der Waals surface area (Å²) in [7, 11) is 0. The van der Waals surface area contributed by atoms with Crippen LogP contribution in [-0.4, -0.2) is 41.1 Å². The fourth-order valence-corrected chi connectivity index (χ4v) is 3.48. The van der Waals surface area contributed by atoms with E-state index < -0.39 is 6.10 Å². The van der Waals surface area contributed by atoms with Gasteiger partial charge in [0.1, 0.15) is 11.9 Å². The molecule has 0 radical (unpaired) electrons. The number of rotatable bonds is 7.